The minimum atomic E-state index is 0.410. The van der Waals surface area contributed by atoms with Crippen LogP contribution < -0.4 is 11.1 Å². The SMILES string of the molecule is COCc1ccccc1NC(N)=NCCc1csc(C(C)C)n1. The average molecular weight is 332 g/mol. The Morgan fingerprint density at radius 1 is 1.39 bits per heavy atom. The van der Waals surface area contributed by atoms with Crippen molar-refractivity contribution in [1.29, 1.82) is 0 Å². The van der Waals surface area contributed by atoms with Gasteiger partial charge in [-0.15, -0.1) is 11.3 Å². The maximum atomic E-state index is 5.97. The van der Waals surface area contributed by atoms with Gasteiger partial charge >= 0.3 is 0 Å². The van der Waals surface area contributed by atoms with Crippen LogP contribution in [0.1, 0.15) is 36.0 Å². The molecule has 3 N–H and O–H groups in total. The Hall–Kier alpha value is -1.92. The van der Waals surface area contributed by atoms with Crippen LogP contribution in [0.3, 0.4) is 0 Å². The highest BCUT2D eigenvalue weighted by Crippen LogP contribution is 2.19. The first kappa shape index (κ1) is 17.4. The summed E-state index contributed by atoms with van der Waals surface area (Å²) in [6.07, 6.45) is 0.797. The van der Waals surface area contributed by atoms with E-state index in [0.29, 0.717) is 25.0 Å². The van der Waals surface area contributed by atoms with Crippen LogP contribution in [0.2, 0.25) is 0 Å². The summed E-state index contributed by atoms with van der Waals surface area (Å²) in [4.78, 5) is 8.98. The summed E-state index contributed by atoms with van der Waals surface area (Å²) >= 11 is 1.71. The monoisotopic (exact) mass is 332 g/mol. The van der Waals surface area contributed by atoms with E-state index in [1.165, 1.54) is 5.01 Å². The number of guanidine groups is 1. The number of ether oxygens (including phenoxy) is 1. The number of nitrogens with zero attached hydrogens (tertiary/aromatic N) is 2. The normalized spacial score (nSPS) is 11.9. The van der Waals surface area contributed by atoms with Crippen LogP contribution in [0.4, 0.5) is 5.69 Å². The number of aliphatic imine (C=N–C) groups is 1. The molecule has 0 atom stereocenters. The number of nitrogens with two attached hydrogens (primary N) is 1. The summed E-state index contributed by atoms with van der Waals surface area (Å²) in [6.45, 7) is 5.46. The third-order valence-corrected chi connectivity index (χ3v) is 4.49. The van der Waals surface area contributed by atoms with E-state index in [2.05, 4.69) is 34.5 Å². The van der Waals surface area contributed by atoms with Gasteiger partial charge in [0.1, 0.15) is 0 Å². The van der Waals surface area contributed by atoms with E-state index in [9.17, 15) is 0 Å². The number of benzene rings is 1. The zero-order chi connectivity index (χ0) is 16.7. The smallest absolute Gasteiger partial charge is 0.193 e. The van der Waals surface area contributed by atoms with Gasteiger partial charge in [-0.1, -0.05) is 32.0 Å². The number of hydrogen-bond donors (Lipinski definition) is 2. The molecule has 124 valence electrons. The number of para-hydroxylation sites is 1. The van der Waals surface area contributed by atoms with E-state index in [4.69, 9.17) is 10.5 Å². The van der Waals surface area contributed by atoms with Gasteiger partial charge in [-0.2, -0.15) is 0 Å². The third-order valence-electron chi connectivity index (χ3n) is 3.29. The molecule has 0 bridgehead atoms. The summed E-state index contributed by atoms with van der Waals surface area (Å²) in [6, 6.07) is 7.90. The van der Waals surface area contributed by atoms with Crippen molar-refractivity contribution in [3.8, 4) is 0 Å². The van der Waals surface area contributed by atoms with Crippen LogP contribution in [-0.2, 0) is 17.8 Å². The molecular formula is C17H24N4OS. The van der Waals surface area contributed by atoms with Gasteiger partial charge in [-0.05, 0) is 6.07 Å². The van der Waals surface area contributed by atoms with Crippen LogP contribution in [0.15, 0.2) is 34.6 Å². The highest BCUT2D eigenvalue weighted by molar-refractivity contribution is 7.09. The van der Waals surface area contributed by atoms with Crippen molar-refractivity contribution in [1.82, 2.24) is 4.98 Å². The lowest BCUT2D eigenvalue weighted by Gasteiger charge is -2.10. The molecule has 1 aromatic carbocycles. The first-order valence-corrected chi connectivity index (χ1v) is 8.56. The number of rotatable bonds is 7. The molecule has 0 aliphatic heterocycles. The van der Waals surface area contributed by atoms with Gasteiger partial charge in [0.25, 0.3) is 0 Å². The van der Waals surface area contributed by atoms with Crippen LogP contribution in [0.25, 0.3) is 0 Å². The van der Waals surface area contributed by atoms with E-state index < -0.39 is 0 Å². The fourth-order valence-electron chi connectivity index (χ4n) is 2.09. The lowest BCUT2D eigenvalue weighted by atomic mass is 10.2. The predicted molar refractivity (Wildman–Crippen MR) is 97.2 cm³/mol. The van der Waals surface area contributed by atoms with Crippen molar-refractivity contribution >= 4 is 23.0 Å². The minimum absolute atomic E-state index is 0.410. The van der Waals surface area contributed by atoms with Gasteiger partial charge in [-0.3, -0.25) is 4.99 Å². The third kappa shape index (κ3) is 5.33. The van der Waals surface area contributed by atoms with Gasteiger partial charge < -0.3 is 15.8 Å². The Bertz CT molecular complexity index is 652. The van der Waals surface area contributed by atoms with Crippen LogP contribution in [-0.4, -0.2) is 24.6 Å². The van der Waals surface area contributed by atoms with Gasteiger partial charge in [-0.25, -0.2) is 4.98 Å². The Labute approximate surface area is 141 Å². The van der Waals surface area contributed by atoms with Gasteiger partial charge in [0.15, 0.2) is 5.96 Å². The molecule has 0 saturated carbocycles. The Balaban J connectivity index is 1.90. The largest absolute Gasteiger partial charge is 0.380 e. The van der Waals surface area contributed by atoms with E-state index in [1.54, 1.807) is 18.4 Å². The molecule has 0 aliphatic rings. The van der Waals surface area contributed by atoms with Crippen molar-refractivity contribution in [2.45, 2.75) is 32.8 Å². The summed E-state index contributed by atoms with van der Waals surface area (Å²) in [5.41, 5.74) is 9.02. The maximum Gasteiger partial charge on any atom is 0.193 e. The van der Waals surface area contributed by atoms with Crippen LogP contribution >= 0.6 is 11.3 Å². The summed E-state index contributed by atoms with van der Waals surface area (Å²) in [5.74, 6) is 0.883. The Kier molecular flexibility index (Phi) is 6.55. The number of aromatic nitrogens is 1. The highest BCUT2D eigenvalue weighted by Gasteiger charge is 2.06. The van der Waals surface area contributed by atoms with Crippen molar-refractivity contribution < 1.29 is 4.74 Å². The molecule has 0 spiro atoms. The number of thiazole rings is 1. The van der Waals surface area contributed by atoms with E-state index in [1.807, 2.05) is 24.3 Å². The summed E-state index contributed by atoms with van der Waals surface area (Å²) in [7, 11) is 1.67. The lowest BCUT2D eigenvalue weighted by Crippen LogP contribution is -2.23. The second kappa shape index (κ2) is 8.64. The molecule has 0 fully saturated rings. The van der Waals surface area contributed by atoms with Gasteiger partial charge in [0, 0.05) is 42.6 Å². The minimum Gasteiger partial charge on any atom is -0.380 e. The van der Waals surface area contributed by atoms with E-state index in [-0.39, 0.29) is 0 Å². The van der Waals surface area contributed by atoms with Crippen molar-refractivity contribution in [2.75, 3.05) is 19.0 Å². The van der Waals surface area contributed by atoms with Gasteiger partial charge in [0.05, 0.1) is 17.3 Å². The molecule has 23 heavy (non-hydrogen) atoms. The first-order valence-electron chi connectivity index (χ1n) is 7.68. The second-order valence-corrected chi connectivity index (χ2v) is 6.45. The van der Waals surface area contributed by atoms with Crippen molar-refractivity contribution in [2.24, 2.45) is 10.7 Å². The van der Waals surface area contributed by atoms with Crippen molar-refractivity contribution in [3.63, 3.8) is 0 Å². The molecule has 1 aromatic heterocycles. The van der Waals surface area contributed by atoms with Gasteiger partial charge in [0.2, 0.25) is 0 Å². The summed E-state index contributed by atoms with van der Waals surface area (Å²) in [5, 5.41) is 6.40. The fourth-order valence-corrected chi connectivity index (χ4v) is 2.96. The van der Waals surface area contributed by atoms with E-state index in [0.717, 1.165) is 23.4 Å². The zero-order valence-electron chi connectivity index (χ0n) is 13.9. The van der Waals surface area contributed by atoms with Crippen molar-refractivity contribution in [3.05, 3.63) is 45.9 Å². The predicted octanol–water partition coefficient (Wildman–Crippen LogP) is 3.38. The highest BCUT2D eigenvalue weighted by atomic mass is 32.1. The Morgan fingerprint density at radius 3 is 2.87 bits per heavy atom. The molecule has 6 heteroatoms. The molecule has 2 aromatic rings. The summed E-state index contributed by atoms with van der Waals surface area (Å²) < 4.78 is 5.18. The standard InChI is InChI=1S/C17H24N4OS/c1-12(2)16-20-14(11-23-16)8-9-19-17(18)21-15-7-5-4-6-13(15)10-22-3/h4-7,11-12H,8-10H2,1-3H3,(H3,18,19,21). The molecule has 0 saturated heterocycles. The molecule has 5 nitrogen and oxygen atoms in total. The molecule has 0 unspecified atom stereocenters. The molecule has 1 heterocycles. The zero-order valence-corrected chi connectivity index (χ0v) is 14.7. The molecule has 2 rings (SSSR count). The fraction of sp³-hybridized carbons (Fsp3) is 0.412. The quantitative estimate of drug-likeness (QED) is 0.602. The number of nitrogens with one attached hydrogen (secondary N) is 1. The molecule has 0 radical (unpaired) electrons. The average Bonchev–Trinajstić information content (AvgIpc) is 2.99. The van der Waals surface area contributed by atoms with E-state index >= 15 is 0 Å². The topological polar surface area (TPSA) is 72.5 Å². The molecule has 0 amide bonds. The second-order valence-electron chi connectivity index (χ2n) is 5.56. The lowest BCUT2D eigenvalue weighted by molar-refractivity contribution is 0.185. The number of hydrogen-bond acceptors (Lipinski definition) is 4. The Morgan fingerprint density at radius 2 is 2.17 bits per heavy atom. The van der Waals surface area contributed by atoms with Crippen LogP contribution in [0.5, 0.6) is 0 Å². The first-order chi connectivity index (χ1) is 11.1. The van der Waals surface area contributed by atoms with Crippen LogP contribution in [0, 0.1) is 0 Å². The number of methoxy groups -OCH3 is 1. The maximum absolute atomic E-state index is 5.97. The molecule has 0 aliphatic carbocycles. The number of anilines is 1. The molecular weight excluding hydrogens is 308 g/mol.